The number of fused-ring (bicyclic) bond motifs is 4. The van der Waals surface area contributed by atoms with Crippen molar-refractivity contribution in [3.63, 3.8) is 0 Å². The van der Waals surface area contributed by atoms with Crippen LogP contribution in [-0.4, -0.2) is 23.7 Å². The number of esters is 1. The predicted molar refractivity (Wildman–Crippen MR) is 97.3 cm³/mol. The van der Waals surface area contributed by atoms with E-state index in [2.05, 4.69) is 23.5 Å². The van der Waals surface area contributed by atoms with Gasteiger partial charge in [-0.25, -0.2) is 0 Å². The van der Waals surface area contributed by atoms with Crippen molar-refractivity contribution < 1.29 is 14.6 Å². The molecular weight excluding hydrogens is 314 g/mol. The summed E-state index contributed by atoms with van der Waals surface area (Å²) in [6.07, 6.45) is 5.94. The molecule has 0 amide bonds. The van der Waals surface area contributed by atoms with Gasteiger partial charge in [-0.1, -0.05) is 18.2 Å². The average Bonchev–Trinajstić information content (AvgIpc) is 2.67. The molecule has 0 unspecified atom stereocenters. The Hall–Kier alpha value is -2.07. The fraction of sp³-hybridized carbons (Fsp3) is 0.476. The predicted octanol–water partition coefficient (Wildman–Crippen LogP) is 3.90. The lowest BCUT2D eigenvalue weighted by Crippen LogP contribution is -2.56. The number of rotatable bonds is 4. The third kappa shape index (κ3) is 2.89. The molecule has 0 radical (unpaired) electrons. The Morgan fingerprint density at radius 3 is 2.36 bits per heavy atom. The first-order valence-corrected chi connectivity index (χ1v) is 9.09. The molecule has 2 aromatic rings. The molecule has 2 N–H and O–H groups in total. The molecule has 0 atom stereocenters. The zero-order valence-electron chi connectivity index (χ0n) is 14.7. The summed E-state index contributed by atoms with van der Waals surface area (Å²) >= 11 is 0. The Morgan fingerprint density at radius 2 is 1.68 bits per heavy atom. The monoisotopic (exact) mass is 339 g/mol. The average molecular weight is 339 g/mol. The summed E-state index contributed by atoms with van der Waals surface area (Å²) in [7, 11) is 1.51. The molecule has 4 heteroatoms. The molecule has 25 heavy (non-hydrogen) atoms. The summed E-state index contributed by atoms with van der Waals surface area (Å²) in [5, 5.41) is 15.6. The first-order chi connectivity index (χ1) is 12.0. The smallest absolute Gasteiger partial charge is 0.311 e. The Morgan fingerprint density at radius 1 is 1.04 bits per heavy atom. The Bertz CT molecular complexity index is 789. The van der Waals surface area contributed by atoms with Crippen molar-refractivity contribution in [2.75, 3.05) is 7.11 Å². The fourth-order valence-corrected chi connectivity index (χ4v) is 4.66. The number of carbonyl (C=O) groups is 1. The second kappa shape index (κ2) is 6.03. The van der Waals surface area contributed by atoms with Crippen molar-refractivity contribution in [3.05, 3.63) is 42.0 Å². The Labute approximate surface area is 148 Å². The number of methoxy groups -OCH3 is 1. The molecule has 132 valence electrons. The third-order valence-corrected chi connectivity index (χ3v) is 6.42. The minimum Gasteiger partial charge on any atom is -0.508 e. The van der Waals surface area contributed by atoms with E-state index in [4.69, 9.17) is 4.74 Å². The summed E-state index contributed by atoms with van der Waals surface area (Å²) in [6, 6.07) is 11.8. The van der Waals surface area contributed by atoms with E-state index in [1.807, 2.05) is 6.07 Å². The molecule has 0 spiro atoms. The number of carbonyl (C=O) groups excluding carboxylic acids is 1. The van der Waals surface area contributed by atoms with Crippen molar-refractivity contribution in [2.24, 2.45) is 5.41 Å². The molecule has 0 aliphatic heterocycles. The van der Waals surface area contributed by atoms with Gasteiger partial charge >= 0.3 is 5.97 Å². The summed E-state index contributed by atoms with van der Waals surface area (Å²) in [5.74, 6) is 0.286. The summed E-state index contributed by atoms with van der Waals surface area (Å²) < 4.78 is 5.04. The van der Waals surface area contributed by atoms with E-state index in [-0.39, 0.29) is 16.9 Å². The number of phenols is 1. The van der Waals surface area contributed by atoms with Crippen molar-refractivity contribution in [1.82, 2.24) is 5.32 Å². The van der Waals surface area contributed by atoms with Gasteiger partial charge in [-0.3, -0.25) is 4.79 Å². The molecular formula is C21H25NO3. The first-order valence-electron chi connectivity index (χ1n) is 9.09. The van der Waals surface area contributed by atoms with E-state index >= 15 is 0 Å². The van der Waals surface area contributed by atoms with Gasteiger partial charge in [0.15, 0.2) is 0 Å². The second-order valence-electron chi connectivity index (χ2n) is 7.77. The van der Waals surface area contributed by atoms with Gasteiger partial charge in [0, 0.05) is 12.1 Å². The quantitative estimate of drug-likeness (QED) is 0.830. The minimum atomic E-state index is -0.219. The lowest BCUT2D eigenvalue weighted by atomic mass is 9.57. The van der Waals surface area contributed by atoms with Crippen molar-refractivity contribution in [3.8, 4) is 5.75 Å². The number of ether oxygens (including phenoxy) is 1. The number of benzene rings is 2. The summed E-state index contributed by atoms with van der Waals surface area (Å²) in [5.41, 5.74) is 1.20. The molecule has 4 nitrogen and oxygen atoms in total. The van der Waals surface area contributed by atoms with Crippen LogP contribution in [0.25, 0.3) is 10.8 Å². The van der Waals surface area contributed by atoms with Gasteiger partial charge in [-0.05, 0) is 73.1 Å². The van der Waals surface area contributed by atoms with Crippen molar-refractivity contribution in [2.45, 2.75) is 50.6 Å². The highest BCUT2D eigenvalue weighted by Gasteiger charge is 2.52. The zero-order chi connectivity index (χ0) is 17.5. The van der Waals surface area contributed by atoms with Crippen LogP contribution in [0.2, 0.25) is 0 Å². The lowest BCUT2D eigenvalue weighted by molar-refractivity contribution is -0.160. The fourth-order valence-electron chi connectivity index (χ4n) is 4.66. The van der Waals surface area contributed by atoms with Crippen molar-refractivity contribution >= 4 is 16.7 Å². The van der Waals surface area contributed by atoms with Gasteiger partial charge in [0.05, 0.1) is 12.5 Å². The van der Waals surface area contributed by atoms with Crippen LogP contribution in [-0.2, 0) is 16.1 Å². The highest BCUT2D eigenvalue weighted by Crippen LogP contribution is 2.52. The van der Waals surface area contributed by atoms with Crippen LogP contribution in [0.15, 0.2) is 36.4 Å². The van der Waals surface area contributed by atoms with E-state index in [0.717, 1.165) is 55.8 Å². The maximum Gasteiger partial charge on any atom is 0.311 e. The lowest BCUT2D eigenvalue weighted by Gasteiger charge is -2.52. The molecule has 0 saturated heterocycles. The van der Waals surface area contributed by atoms with Gasteiger partial charge in [0.2, 0.25) is 0 Å². The maximum atomic E-state index is 12.1. The molecule has 0 aromatic heterocycles. The SMILES string of the molecule is COC(=O)C12CCC(NCc3ccc4cc(O)ccc4c3)(CC1)CC2. The van der Waals surface area contributed by atoms with Gasteiger partial charge in [0.1, 0.15) is 5.75 Å². The second-order valence-corrected chi connectivity index (χ2v) is 7.77. The van der Waals surface area contributed by atoms with E-state index in [1.165, 1.54) is 12.7 Å². The number of aromatic hydroxyl groups is 1. The van der Waals surface area contributed by atoms with Crippen LogP contribution in [0, 0.1) is 5.41 Å². The molecule has 3 aliphatic carbocycles. The number of hydrogen-bond acceptors (Lipinski definition) is 4. The highest BCUT2D eigenvalue weighted by molar-refractivity contribution is 5.84. The molecule has 3 saturated carbocycles. The van der Waals surface area contributed by atoms with Gasteiger partial charge in [-0.2, -0.15) is 0 Å². The molecule has 3 fully saturated rings. The van der Waals surface area contributed by atoms with Crippen LogP contribution >= 0.6 is 0 Å². The number of nitrogens with one attached hydrogen (secondary N) is 1. The van der Waals surface area contributed by atoms with E-state index in [9.17, 15) is 9.90 Å². The van der Waals surface area contributed by atoms with Crippen LogP contribution < -0.4 is 5.32 Å². The highest BCUT2D eigenvalue weighted by atomic mass is 16.5. The Balaban J connectivity index is 1.44. The van der Waals surface area contributed by atoms with Gasteiger partial charge in [0.25, 0.3) is 0 Å². The molecule has 2 aromatic carbocycles. The molecule has 5 rings (SSSR count). The minimum absolute atomic E-state index is 0.0152. The van der Waals surface area contributed by atoms with Crippen LogP contribution in [0.5, 0.6) is 5.75 Å². The van der Waals surface area contributed by atoms with Crippen molar-refractivity contribution in [1.29, 1.82) is 0 Å². The molecule has 3 aliphatic rings. The van der Waals surface area contributed by atoms with Crippen LogP contribution in [0.3, 0.4) is 0 Å². The third-order valence-electron chi connectivity index (χ3n) is 6.42. The van der Waals surface area contributed by atoms with Crippen LogP contribution in [0.1, 0.15) is 44.1 Å². The maximum absolute atomic E-state index is 12.1. The summed E-state index contributed by atoms with van der Waals surface area (Å²) in [6.45, 7) is 0.835. The Kier molecular flexibility index (Phi) is 3.95. The van der Waals surface area contributed by atoms with E-state index < -0.39 is 0 Å². The standard InChI is InChI=1S/C21H25NO3/c1-25-19(24)20-6-9-21(10-7-20,11-8-20)22-14-15-2-3-17-13-18(23)5-4-16(17)12-15/h2-5,12-13,22-23H,6-11,14H2,1H3. The van der Waals surface area contributed by atoms with Crippen LogP contribution in [0.4, 0.5) is 0 Å². The van der Waals surface area contributed by atoms with E-state index in [0.29, 0.717) is 5.75 Å². The van der Waals surface area contributed by atoms with Gasteiger partial charge < -0.3 is 15.2 Å². The molecule has 0 heterocycles. The normalized spacial score (nSPS) is 28.2. The van der Waals surface area contributed by atoms with E-state index in [1.54, 1.807) is 12.1 Å². The summed E-state index contributed by atoms with van der Waals surface area (Å²) in [4.78, 5) is 12.1. The first kappa shape index (κ1) is 16.4. The zero-order valence-corrected chi connectivity index (χ0v) is 14.7. The van der Waals surface area contributed by atoms with Gasteiger partial charge in [-0.15, -0.1) is 0 Å². The topological polar surface area (TPSA) is 58.6 Å². The number of phenolic OH excluding ortho intramolecular Hbond substituents is 1. The molecule has 2 bridgehead atoms. The number of hydrogen-bond donors (Lipinski definition) is 2. The largest absolute Gasteiger partial charge is 0.508 e.